The molecule has 0 saturated heterocycles. The average Bonchev–Trinajstić information content (AvgIpc) is 2.80. The lowest BCUT2D eigenvalue weighted by Crippen LogP contribution is -2.50. The number of methoxy groups -OCH3 is 1. The zero-order valence-electron chi connectivity index (χ0n) is 12.8. The second kappa shape index (κ2) is 8.84. The number of carbonyl (C=O) groups is 2. The first kappa shape index (κ1) is 17.7. The molecule has 2 atom stereocenters. The van der Waals surface area contributed by atoms with Crippen LogP contribution in [0.2, 0.25) is 0 Å². The summed E-state index contributed by atoms with van der Waals surface area (Å²) < 4.78 is 10.1. The zero-order valence-corrected chi connectivity index (χ0v) is 12.8. The maximum absolute atomic E-state index is 11.8. The summed E-state index contributed by atoms with van der Waals surface area (Å²) in [4.78, 5) is 23.1. The molecule has 1 aliphatic carbocycles. The lowest BCUT2D eigenvalue weighted by molar-refractivity contribution is -0.148. The smallest absolute Gasteiger partial charge is 0.315 e. The summed E-state index contributed by atoms with van der Waals surface area (Å²) in [5.74, 6) is -0.850. The van der Waals surface area contributed by atoms with E-state index in [2.05, 4.69) is 10.6 Å². The molecule has 1 rings (SSSR count). The van der Waals surface area contributed by atoms with Crippen molar-refractivity contribution in [1.82, 2.24) is 10.6 Å². The van der Waals surface area contributed by atoms with E-state index in [1.807, 2.05) is 0 Å². The normalized spacial score (nSPS) is 24.8. The molecule has 2 amide bonds. The van der Waals surface area contributed by atoms with Crippen molar-refractivity contribution in [1.29, 1.82) is 0 Å². The van der Waals surface area contributed by atoms with Crippen molar-refractivity contribution in [2.75, 3.05) is 33.5 Å². The maximum atomic E-state index is 11.8. The highest BCUT2D eigenvalue weighted by molar-refractivity contribution is 5.79. The molecule has 1 fully saturated rings. The quantitative estimate of drug-likeness (QED) is 0.552. The number of carbonyl (C=O) groups excluding carboxylic acids is 1. The minimum atomic E-state index is -0.861. The van der Waals surface area contributed by atoms with Gasteiger partial charge in [-0.15, -0.1) is 0 Å². The van der Waals surface area contributed by atoms with Gasteiger partial charge in [-0.25, -0.2) is 4.79 Å². The second-order valence-corrected chi connectivity index (χ2v) is 5.53. The Balaban J connectivity index is 2.17. The second-order valence-electron chi connectivity index (χ2n) is 5.53. The monoisotopic (exact) mass is 302 g/mol. The van der Waals surface area contributed by atoms with E-state index in [9.17, 15) is 14.7 Å². The molecule has 1 aliphatic rings. The van der Waals surface area contributed by atoms with Gasteiger partial charge in [0.15, 0.2) is 0 Å². The third kappa shape index (κ3) is 5.51. The maximum Gasteiger partial charge on any atom is 0.315 e. The Labute approximate surface area is 125 Å². The van der Waals surface area contributed by atoms with Crippen LogP contribution in [0.5, 0.6) is 0 Å². The summed E-state index contributed by atoms with van der Waals surface area (Å²) >= 11 is 0. The van der Waals surface area contributed by atoms with Crippen LogP contribution in [0.3, 0.4) is 0 Å². The van der Waals surface area contributed by atoms with Crippen molar-refractivity contribution in [2.24, 2.45) is 5.41 Å². The van der Waals surface area contributed by atoms with Crippen LogP contribution < -0.4 is 10.6 Å². The number of amides is 2. The predicted molar refractivity (Wildman–Crippen MR) is 77.2 cm³/mol. The summed E-state index contributed by atoms with van der Waals surface area (Å²) in [6, 6.07) is -0.626. The van der Waals surface area contributed by atoms with E-state index in [-0.39, 0.29) is 12.1 Å². The van der Waals surface area contributed by atoms with Crippen molar-refractivity contribution in [3.8, 4) is 0 Å². The van der Waals surface area contributed by atoms with Gasteiger partial charge in [0, 0.05) is 26.3 Å². The number of carboxylic acid groups (broad SMARTS) is 1. The Bertz CT molecular complexity index is 350. The number of ether oxygens (including phenoxy) is 2. The molecule has 21 heavy (non-hydrogen) atoms. The van der Waals surface area contributed by atoms with Crippen LogP contribution in [-0.4, -0.2) is 56.6 Å². The van der Waals surface area contributed by atoms with Crippen molar-refractivity contribution in [2.45, 2.75) is 38.6 Å². The molecule has 0 heterocycles. The molecular formula is C14H26N2O5. The van der Waals surface area contributed by atoms with E-state index in [4.69, 9.17) is 9.47 Å². The largest absolute Gasteiger partial charge is 0.481 e. The molecule has 0 radical (unpaired) electrons. The van der Waals surface area contributed by atoms with E-state index in [0.717, 1.165) is 6.42 Å². The summed E-state index contributed by atoms with van der Waals surface area (Å²) in [5.41, 5.74) is -0.861. The van der Waals surface area contributed by atoms with Crippen molar-refractivity contribution >= 4 is 12.0 Å². The highest BCUT2D eigenvalue weighted by atomic mass is 16.5. The van der Waals surface area contributed by atoms with E-state index < -0.39 is 11.4 Å². The summed E-state index contributed by atoms with van der Waals surface area (Å²) in [7, 11) is 1.61. The minimum absolute atomic E-state index is 0.312. The van der Waals surface area contributed by atoms with Crippen molar-refractivity contribution in [3.05, 3.63) is 0 Å². The van der Waals surface area contributed by atoms with Gasteiger partial charge in [-0.05, 0) is 26.2 Å². The van der Waals surface area contributed by atoms with Crippen LogP contribution in [0, 0.1) is 5.41 Å². The Kier molecular flexibility index (Phi) is 7.45. The lowest BCUT2D eigenvalue weighted by Gasteiger charge is -2.27. The molecule has 1 saturated carbocycles. The van der Waals surface area contributed by atoms with Gasteiger partial charge in [0.2, 0.25) is 0 Å². The molecule has 2 unspecified atom stereocenters. The Morgan fingerprint density at radius 3 is 2.76 bits per heavy atom. The fourth-order valence-electron chi connectivity index (χ4n) is 2.48. The molecule has 0 aromatic carbocycles. The first-order valence-electron chi connectivity index (χ1n) is 7.35. The number of rotatable bonds is 9. The third-order valence-electron chi connectivity index (χ3n) is 3.93. The van der Waals surface area contributed by atoms with E-state index in [0.29, 0.717) is 45.6 Å². The van der Waals surface area contributed by atoms with Gasteiger partial charge >= 0.3 is 12.0 Å². The molecule has 0 aliphatic heterocycles. The van der Waals surface area contributed by atoms with Gasteiger partial charge in [0.25, 0.3) is 0 Å². The molecule has 0 aromatic heterocycles. The standard InChI is InChI=1S/C14H26N2O5/c1-14(12(17)18)6-3-5-11(14)16-13(19)15-7-4-8-21-10-9-20-2/h11H,3-10H2,1-2H3,(H,17,18)(H2,15,16,19). The molecule has 0 aromatic rings. The average molecular weight is 302 g/mol. The molecular weight excluding hydrogens is 276 g/mol. The number of hydrogen-bond acceptors (Lipinski definition) is 4. The number of hydrogen-bond donors (Lipinski definition) is 3. The third-order valence-corrected chi connectivity index (χ3v) is 3.93. The molecule has 7 nitrogen and oxygen atoms in total. The Hall–Kier alpha value is -1.34. The van der Waals surface area contributed by atoms with E-state index in [1.165, 1.54) is 0 Å². The van der Waals surface area contributed by atoms with Crippen LogP contribution in [0.25, 0.3) is 0 Å². The van der Waals surface area contributed by atoms with Crippen LogP contribution in [0.1, 0.15) is 32.6 Å². The first-order valence-corrected chi connectivity index (χ1v) is 7.35. The van der Waals surface area contributed by atoms with Crippen molar-refractivity contribution in [3.63, 3.8) is 0 Å². The molecule has 0 bridgehead atoms. The van der Waals surface area contributed by atoms with Gasteiger partial charge < -0.3 is 25.2 Å². The molecule has 0 spiro atoms. The number of urea groups is 1. The zero-order chi connectivity index (χ0) is 15.7. The van der Waals surface area contributed by atoms with E-state index >= 15 is 0 Å². The van der Waals surface area contributed by atoms with Gasteiger partial charge in [0.05, 0.1) is 18.6 Å². The highest BCUT2D eigenvalue weighted by Crippen LogP contribution is 2.38. The number of nitrogens with one attached hydrogen (secondary N) is 2. The predicted octanol–water partition coefficient (Wildman–Crippen LogP) is 0.982. The van der Waals surface area contributed by atoms with Gasteiger partial charge in [-0.3, -0.25) is 4.79 Å². The minimum Gasteiger partial charge on any atom is -0.481 e. The van der Waals surface area contributed by atoms with Crippen molar-refractivity contribution < 1.29 is 24.2 Å². The highest BCUT2D eigenvalue weighted by Gasteiger charge is 2.45. The molecule has 3 N–H and O–H groups in total. The Morgan fingerprint density at radius 2 is 2.10 bits per heavy atom. The van der Waals surface area contributed by atoms with E-state index in [1.54, 1.807) is 14.0 Å². The topological polar surface area (TPSA) is 96.9 Å². The van der Waals surface area contributed by atoms with Crippen LogP contribution in [0.15, 0.2) is 0 Å². The fourth-order valence-corrected chi connectivity index (χ4v) is 2.48. The summed E-state index contributed by atoms with van der Waals surface area (Å²) in [6.07, 6.45) is 2.83. The summed E-state index contributed by atoms with van der Waals surface area (Å²) in [6.45, 7) is 3.84. The first-order chi connectivity index (χ1) is 10.0. The summed E-state index contributed by atoms with van der Waals surface area (Å²) in [5, 5.41) is 14.8. The van der Waals surface area contributed by atoms with Crippen LogP contribution >= 0.6 is 0 Å². The lowest BCUT2D eigenvalue weighted by atomic mass is 9.85. The van der Waals surface area contributed by atoms with Crippen LogP contribution in [-0.2, 0) is 14.3 Å². The van der Waals surface area contributed by atoms with Gasteiger partial charge in [0.1, 0.15) is 0 Å². The number of carboxylic acids is 1. The molecule has 7 heteroatoms. The Morgan fingerprint density at radius 1 is 1.33 bits per heavy atom. The van der Waals surface area contributed by atoms with Crippen LogP contribution in [0.4, 0.5) is 4.79 Å². The fraction of sp³-hybridized carbons (Fsp3) is 0.857. The van der Waals surface area contributed by atoms with Gasteiger partial charge in [-0.1, -0.05) is 6.42 Å². The number of aliphatic carboxylic acids is 1. The SMILES string of the molecule is COCCOCCCNC(=O)NC1CCCC1(C)C(=O)O. The van der Waals surface area contributed by atoms with Gasteiger partial charge in [-0.2, -0.15) is 0 Å². The molecule has 122 valence electrons.